The van der Waals surface area contributed by atoms with Crippen molar-refractivity contribution in [1.82, 2.24) is 9.88 Å². The Hall–Kier alpha value is -1.40. The zero-order chi connectivity index (χ0) is 22.2. The molecule has 2 rings (SSSR count). The summed E-state index contributed by atoms with van der Waals surface area (Å²) in [5, 5.41) is 0.120. The molecular formula is C23H40N2O3Si. The summed E-state index contributed by atoms with van der Waals surface area (Å²) in [6, 6.07) is 4.24. The van der Waals surface area contributed by atoms with Gasteiger partial charge in [-0.3, -0.25) is 4.98 Å². The average Bonchev–Trinajstić information content (AvgIpc) is 2.85. The van der Waals surface area contributed by atoms with Crippen molar-refractivity contribution in [2.45, 2.75) is 91.6 Å². The van der Waals surface area contributed by atoms with E-state index in [1.54, 1.807) is 0 Å². The minimum Gasteiger partial charge on any atom is -0.444 e. The predicted molar refractivity (Wildman–Crippen MR) is 121 cm³/mol. The van der Waals surface area contributed by atoms with Gasteiger partial charge in [-0.15, -0.1) is 0 Å². The van der Waals surface area contributed by atoms with E-state index in [1.807, 2.05) is 32.6 Å². The Morgan fingerprint density at radius 3 is 2.28 bits per heavy atom. The number of aromatic nitrogens is 1. The molecule has 1 amide bonds. The molecule has 0 saturated carbocycles. The van der Waals surface area contributed by atoms with Crippen molar-refractivity contribution >= 4 is 14.4 Å². The van der Waals surface area contributed by atoms with Crippen molar-refractivity contribution in [2.75, 3.05) is 13.1 Å². The Morgan fingerprint density at radius 2 is 1.76 bits per heavy atom. The van der Waals surface area contributed by atoms with Crippen LogP contribution >= 0.6 is 0 Å². The van der Waals surface area contributed by atoms with Crippen LogP contribution in [0, 0.1) is 19.8 Å². The van der Waals surface area contributed by atoms with Gasteiger partial charge in [0.1, 0.15) is 5.60 Å². The molecule has 1 fully saturated rings. The van der Waals surface area contributed by atoms with Crippen LogP contribution in [0.15, 0.2) is 12.1 Å². The molecule has 1 aromatic rings. The maximum absolute atomic E-state index is 12.7. The van der Waals surface area contributed by atoms with Crippen LogP contribution in [0.1, 0.15) is 58.5 Å². The first kappa shape index (κ1) is 23.9. The second kappa shape index (κ2) is 8.38. The van der Waals surface area contributed by atoms with Crippen molar-refractivity contribution in [1.29, 1.82) is 0 Å². The van der Waals surface area contributed by atoms with Gasteiger partial charge in [-0.1, -0.05) is 20.8 Å². The molecule has 2 atom stereocenters. The smallest absolute Gasteiger partial charge is 0.410 e. The number of carbonyl (C=O) groups is 1. The molecule has 0 N–H and O–H groups in total. The van der Waals surface area contributed by atoms with Crippen LogP contribution in [0.3, 0.4) is 0 Å². The molecule has 1 unspecified atom stereocenters. The highest BCUT2D eigenvalue weighted by Crippen LogP contribution is 2.39. The molecule has 0 aromatic carbocycles. The van der Waals surface area contributed by atoms with Gasteiger partial charge in [0.05, 0.1) is 6.10 Å². The third-order valence-corrected chi connectivity index (χ3v) is 10.4. The normalized spacial score (nSPS) is 20.8. The molecule has 1 aliphatic heterocycles. The molecule has 1 aliphatic rings. The Morgan fingerprint density at radius 1 is 1.14 bits per heavy atom. The molecule has 1 aromatic heterocycles. The Kier molecular flexibility index (Phi) is 6.90. The van der Waals surface area contributed by atoms with E-state index in [0.29, 0.717) is 13.1 Å². The summed E-state index contributed by atoms with van der Waals surface area (Å²) < 4.78 is 12.4. The van der Waals surface area contributed by atoms with Crippen LogP contribution in [-0.2, 0) is 15.6 Å². The van der Waals surface area contributed by atoms with Gasteiger partial charge in [-0.05, 0) is 76.9 Å². The number of likely N-dealkylation sites (tertiary alicyclic amines) is 1. The average molecular weight is 421 g/mol. The number of amides is 1. The number of rotatable bonds is 4. The number of pyridine rings is 1. The van der Waals surface area contributed by atoms with Crippen LogP contribution in [0.4, 0.5) is 4.79 Å². The Balaban J connectivity index is 2.24. The number of hydrogen-bond donors (Lipinski definition) is 0. The maximum Gasteiger partial charge on any atom is 0.410 e. The number of hydrogen-bond acceptors (Lipinski definition) is 4. The molecule has 5 nitrogen and oxygen atoms in total. The highest BCUT2D eigenvalue weighted by molar-refractivity contribution is 6.74. The molecule has 0 aliphatic carbocycles. The summed E-state index contributed by atoms with van der Waals surface area (Å²) in [7, 11) is -1.96. The van der Waals surface area contributed by atoms with Gasteiger partial charge in [0.15, 0.2) is 8.32 Å². The number of nitrogens with zero attached hydrogens (tertiary/aromatic N) is 2. The molecule has 29 heavy (non-hydrogen) atoms. The molecule has 0 spiro atoms. The highest BCUT2D eigenvalue weighted by atomic mass is 28.4. The summed E-state index contributed by atoms with van der Waals surface area (Å²) in [4.78, 5) is 19.3. The fourth-order valence-electron chi connectivity index (χ4n) is 3.50. The fraction of sp³-hybridized carbons (Fsp3) is 0.739. The van der Waals surface area contributed by atoms with E-state index >= 15 is 0 Å². The molecule has 6 heteroatoms. The van der Waals surface area contributed by atoms with E-state index in [0.717, 1.165) is 17.8 Å². The van der Waals surface area contributed by atoms with Gasteiger partial charge in [0.2, 0.25) is 0 Å². The Bertz CT molecular complexity index is 714. The third-order valence-electron chi connectivity index (χ3n) is 5.91. The van der Waals surface area contributed by atoms with E-state index in [-0.39, 0.29) is 23.2 Å². The van der Waals surface area contributed by atoms with E-state index in [1.165, 1.54) is 5.56 Å². The lowest BCUT2D eigenvalue weighted by atomic mass is 9.99. The quantitative estimate of drug-likeness (QED) is 0.604. The first-order chi connectivity index (χ1) is 13.1. The summed E-state index contributed by atoms with van der Waals surface area (Å²) >= 11 is 0. The van der Waals surface area contributed by atoms with Crippen molar-refractivity contribution < 1.29 is 14.0 Å². The molecular weight excluding hydrogens is 380 g/mol. The van der Waals surface area contributed by atoms with Crippen molar-refractivity contribution in [3.63, 3.8) is 0 Å². The van der Waals surface area contributed by atoms with Gasteiger partial charge in [0, 0.05) is 30.4 Å². The largest absolute Gasteiger partial charge is 0.444 e. The van der Waals surface area contributed by atoms with E-state index in [2.05, 4.69) is 52.9 Å². The van der Waals surface area contributed by atoms with Crippen LogP contribution in [0.5, 0.6) is 0 Å². The second-order valence-electron chi connectivity index (χ2n) is 11.0. The maximum atomic E-state index is 12.7. The van der Waals surface area contributed by atoms with Crippen molar-refractivity contribution in [3.8, 4) is 0 Å². The SMILES string of the molecule is Cc1cc(C)nc(CC2CN(C(=O)OC(C)(C)C)C[C@H]2O[Si](C)(C)C(C)(C)C)c1. The van der Waals surface area contributed by atoms with Gasteiger partial charge in [-0.2, -0.15) is 0 Å². The second-order valence-corrected chi connectivity index (χ2v) is 15.8. The fourth-order valence-corrected chi connectivity index (χ4v) is 4.88. The zero-order valence-electron chi connectivity index (χ0n) is 20.0. The first-order valence-electron chi connectivity index (χ1n) is 10.7. The van der Waals surface area contributed by atoms with Gasteiger partial charge >= 0.3 is 6.09 Å². The van der Waals surface area contributed by atoms with Crippen LogP contribution < -0.4 is 0 Å². The van der Waals surface area contributed by atoms with Crippen molar-refractivity contribution in [3.05, 3.63) is 29.1 Å². The standard InChI is InChI=1S/C23H40N2O3Si/c1-16-11-17(2)24-19(12-16)13-18-14-25(21(26)27-22(3,4)5)15-20(18)28-29(9,10)23(6,7)8/h11-12,18,20H,13-15H2,1-10H3/t18?,20-/m1/s1. The minimum absolute atomic E-state index is 0.00558. The predicted octanol–water partition coefficient (Wildman–Crippen LogP) is 5.50. The van der Waals surface area contributed by atoms with Gasteiger partial charge in [-0.25, -0.2) is 4.79 Å². The number of aryl methyl sites for hydroxylation is 2. The van der Waals surface area contributed by atoms with E-state index in [9.17, 15) is 4.79 Å². The summed E-state index contributed by atoms with van der Waals surface area (Å²) in [5.41, 5.74) is 2.82. The zero-order valence-corrected chi connectivity index (χ0v) is 21.0. The van der Waals surface area contributed by atoms with Crippen molar-refractivity contribution in [2.24, 2.45) is 5.92 Å². The summed E-state index contributed by atoms with van der Waals surface area (Å²) in [6.07, 6.45) is 0.560. The minimum atomic E-state index is -1.96. The molecule has 0 bridgehead atoms. The summed E-state index contributed by atoms with van der Waals surface area (Å²) in [5.74, 6) is 0.213. The molecule has 0 radical (unpaired) electrons. The molecule has 164 valence electrons. The van der Waals surface area contributed by atoms with Crippen LogP contribution in [0.25, 0.3) is 0 Å². The van der Waals surface area contributed by atoms with E-state index < -0.39 is 13.9 Å². The topological polar surface area (TPSA) is 51.7 Å². The Labute approximate surface area is 178 Å². The van der Waals surface area contributed by atoms with Gasteiger partial charge < -0.3 is 14.1 Å². The van der Waals surface area contributed by atoms with Gasteiger partial charge in [0.25, 0.3) is 0 Å². The van der Waals surface area contributed by atoms with E-state index in [4.69, 9.17) is 14.1 Å². The monoisotopic (exact) mass is 420 g/mol. The lowest BCUT2D eigenvalue weighted by Crippen LogP contribution is -2.46. The first-order valence-corrected chi connectivity index (χ1v) is 13.6. The van der Waals surface area contributed by atoms with Crippen LogP contribution in [0.2, 0.25) is 18.1 Å². The van der Waals surface area contributed by atoms with Crippen LogP contribution in [-0.4, -0.2) is 49.1 Å². The number of ether oxygens (including phenoxy) is 1. The highest BCUT2D eigenvalue weighted by Gasteiger charge is 2.45. The lowest BCUT2D eigenvalue weighted by molar-refractivity contribution is 0.0272. The summed E-state index contributed by atoms with van der Waals surface area (Å²) in [6.45, 7) is 22.4. The molecule has 2 heterocycles. The molecule has 1 saturated heterocycles. The third kappa shape index (κ3) is 6.54. The lowest BCUT2D eigenvalue weighted by Gasteiger charge is -2.39. The number of carbonyl (C=O) groups excluding carboxylic acids is 1.